The molecular weight excluding hydrogens is 292 g/mol. The van der Waals surface area contributed by atoms with E-state index in [1.807, 2.05) is 37.3 Å². The zero-order chi connectivity index (χ0) is 16.1. The molecule has 2 N–H and O–H groups in total. The minimum atomic E-state index is -0.0241. The predicted octanol–water partition coefficient (Wildman–Crippen LogP) is 1.77. The SMILES string of the molecule is Cc1nccc(-c2cccc(NC(=O)C[C@H]3COCCN3)c2)n1. The zero-order valence-electron chi connectivity index (χ0n) is 13.1. The molecule has 3 rings (SSSR count). The van der Waals surface area contributed by atoms with Gasteiger partial charge < -0.3 is 15.4 Å². The predicted molar refractivity (Wildman–Crippen MR) is 88.1 cm³/mol. The van der Waals surface area contributed by atoms with Gasteiger partial charge in [-0.3, -0.25) is 4.79 Å². The summed E-state index contributed by atoms with van der Waals surface area (Å²) in [6.07, 6.45) is 2.13. The lowest BCUT2D eigenvalue weighted by Crippen LogP contribution is -2.43. The van der Waals surface area contributed by atoms with Crippen molar-refractivity contribution < 1.29 is 9.53 Å². The lowest BCUT2D eigenvalue weighted by molar-refractivity contribution is -0.117. The first-order valence-electron chi connectivity index (χ1n) is 7.72. The minimum Gasteiger partial charge on any atom is -0.378 e. The molecule has 1 amide bonds. The van der Waals surface area contributed by atoms with Crippen molar-refractivity contribution in [1.29, 1.82) is 0 Å². The number of rotatable bonds is 4. The number of aryl methyl sites for hydroxylation is 1. The van der Waals surface area contributed by atoms with E-state index >= 15 is 0 Å². The van der Waals surface area contributed by atoms with Crippen molar-refractivity contribution in [3.8, 4) is 11.3 Å². The topological polar surface area (TPSA) is 76.1 Å². The summed E-state index contributed by atoms with van der Waals surface area (Å²) in [6, 6.07) is 9.61. The van der Waals surface area contributed by atoms with Gasteiger partial charge in [-0.25, -0.2) is 9.97 Å². The van der Waals surface area contributed by atoms with Gasteiger partial charge in [0.05, 0.1) is 18.9 Å². The number of aromatic nitrogens is 2. The fraction of sp³-hybridized carbons (Fsp3) is 0.353. The number of ether oxygens (including phenoxy) is 1. The molecule has 1 aromatic heterocycles. The Morgan fingerprint density at radius 1 is 1.43 bits per heavy atom. The number of hydrogen-bond donors (Lipinski definition) is 2. The lowest BCUT2D eigenvalue weighted by Gasteiger charge is -2.23. The Labute approximate surface area is 135 Å². The number of hydrogen-bond acceptors (Lipinski definition) is 5. The van der Waals surface area contributed by atoms with Crippen LogP contribution < -0.4 is 10.6 Å². The van der Waals surface area contributed by atoms with Gasteiger partial charge in [0.25, 0.3) is 0 Å². The number of anilines is 1. The highest BCUT2D eigenvalue weighted by Crippen LogP contribution is 2.20. The van der Waals surface area contributed by atoms with E-state index in [1.165, 1.54) is 0 Å². The van der Waals surface area contributed by atoms with Crippen molar-refractivity contribution >= 4 is 11.6 Å². The third-order valence-corrected chi connectivity index (χ3v) is 3.65. The van der Waals surface area contributed by atoms with Crippen LogP contribution >= 0.6 is 0 Å². The number of carbonyl (C=O) groups excluding carboxylic acids is 1. The Morgan fingerprint density at radius 3 is 3.13 bits per heavy atom. The van der Waals surface area contributed by atoms with Crippen LogP contribution in [0.25, 0.3) is 11.3 Å². The fourth-order valence-corrected chi connectivity index (χ4v) is 2.56. The molecule has 6 nitrogen and oxygen atoms in total. The Balaban J connectivity index is 1.66. The summed E-state index contributed by atoms with van der Waals surface area (Å²) in [5.74, 6) is 0.698. The first-order chi connectivity index (χ1) is 11.2. The standard InChI is InChI=1S/C17H20N4O2/c1-12-18-6-5-16(20-12)13-3-2-4-14(9-13)21-17(22)10-15-11-23-8-7-19-15/h2-6,9,15,19H,7-8,10-11H2,1H3,(H,21,22)/t15-/m0/s1. The molecule has 120 valence electrons. The van der Waals surface area contributed by atoms with Crippen LogP contribution in [-0.4, -0.2) is 41.7 Å². The Kier molecular flexibility index (Phi) is 4.95. The maximum absolute atomic E-state index is 12.2. The number of benzene rings is 1. The van der Waals surface area contributed by atoms with E-state index in [-0.39, 0.29) is 11.9 Å². The highest BCUT2D eigenvalue weighted by molar-refractivity contribution is 5.91. The van der Waals surface area contributed by atoms with Crippen molar-refractivity contribution in [3.05, 3.63) is 42.4 Å². The van der Waals surface area contributed by atoms with Crippen molar-refractivity contribution in [3.63, 3.8) is 0 Å². The van der Waals surface area contributed by atoms with Crippen molar-refractivity contribution in [1.82, 2.24) is 15.3 Å². The normalized spacial score (nSPS) is 17.7. The molecule has 6 heteroatoms. The zero-order valence-corrected chi connectivity index (χ0v) is 13.1. The summed E-state index contributed by atoms with van der Waals surface area (Å²) in [6.45, 7) is 3.93. The first-order valence-corrected chi connectivity index (χ1v) is 7.72. The van der Waals surface area contributed by atoms with E-state index < -0.39 is 0 Å². The number of nitrogens with zero attached hydrogens (tertiary/aromatic N) is 2. The molecule has 2 heterocycles. The average Bonchev–Trinajstić information content (AvgIpc) is 2.56. The van der Waals surface area contributed by atoms with Crippen LogP contribution in [-0.2, 0) is 9.53 Å². The van der Waals surface area contributed by atoms with Crippen molar-refractivity contribution in [2.45, 2.75) is 19.4 Å². The van der Waals surface area contributed by atoms with E-state index in [2.05, 4.69) is 20.6 Å². The highest BCUT2D eigenvalue weighted by atomic mass is 16.5. The number of morpholine rings is 1. The first kappa shape index (κ1) is 15.6. The molecule has 0 radical (unpaired) electrons. The molecule has 0 saturated carbocycles. The maximum atomic E-state index is 12.2. The van der Waals surface area contributed by atoms with Gasteiger partial charge in [-0.15, -0.1) is 0 Å². The van der Waals surface area contributed by atoms with Gasteiger partial charge in [0.2, 0.25) is 5.91 Å². The van der Waals surface area contributed by atoms with Gasteiger partial charge in [-0.1, -0.05) is 12.1 Å². The summed E-state index contributed by atoms with van der Waals surface area (Å²) in [5.41, 5.74) is 2.56. The van der Waals surface area contributed by atoms with Gasteiger partial charge in [0.1, 0.15) is 5.82 Å². The van der Waals surface area contributed by atoms with Crippen molar-refractivity contribution in [2.75, 3.05) is 25.1 Å². The van der Waals surface area contributed by atoms with Gasteiger partial charge in [0.15, 0.2) is 0 Å². The molecule has 1 aromatic carbocycles. The number of nitrogens with one attached hydrogen (secondary N) is 2. The molecule has 0 bridgehead atoms. The van der Waals surface area contributed by atoms with E-state index in [1.54, 1.807) is 6.20 Å². The van der Waals surface area contributed by atoms with Crippen LogP contribution in [0, 0.1) is 6.92 Å². The summed E-state index contributed by atoms with van der Waals surface area (Å²) in [7, 11) is 0. The highest BCUT2D eigenvalue weighted by Gasteiger charge is 2.17. The molecule has 1 aliphatic heterocycles. The van der Waals surface area contributed by atoms with Crippen LogP contribution in [0.3, 0.4) is 0 Å². The number of amides is 1. The summed E-state index contributed by atoms with van der Waals surface area (Å²) < 4.78 is 5.36. The van der Waals surface area contributed by atoms with Gasteiger partial charge in [-0.2, -0.15) is 0 Å². The summed E-state index contributed by atoms with van der Waals surface area (Å²) in [4.78, 5) is 20.7. The second-order valence-corrected chi connectivity index (χ2v) is 5.55. The second kappa shape index (κ2) is 7.30. The Hall–Kier alpha value is -2.31. The molecule has 0 unspecified atom stereocenters. The average molecular weight is 312 g/mol. The quantitative estimate of drug-likeness (QED) is 0.900. The molecule has 1 aliphatic rings. The molecule has 0 spiro atoms. The van der Waals surface area contributed by atoms with E-state index in [0.29, 0.717) is 19.6 Å². The summed E-state index contributed by atoms with van der Waals surface area (Å²) in [5, 5.41) is 6.21. The molecule has 23 heavy (non-hydrogen) atoms. The molecule has 1 atom stereocenters. The molecule has 1 fully saturated rings. The van der Waals surface area contributed by atoms with Gasteiger partial charge in [0, 0.05) is 36.5 Å². The smallest absolute Gasteiger partial charge is 0.226 e. The summed E-state index contributed by atoms with van der Waals surface area (Å²) >= 11 is 0. The van der Waals surface area contributed by atoms with Crippen LogP contribution in [0.1, 0.15) is 12.2 Å². The monoisotopic (exact) mass is 312 g/mol. The van der Waals surface area contributed by atoms with Gasteiger partial charge in [-0.05, 0) is 25.1 Å². The Bertz CT molecular complexity index is 684. The Morgan fingerprint density at radius 2 is 2.35 bits per heavy atom. The molecule has 0 aliphatic carbocycles. The second-order valence-electron chi connectivity index (χ2n) is 5.55. The van der Waals surface area contributed by atoms with Crippen LogP contribution in [0.15, 0.2) is 36.5 Å². The van der Waals surface area contributed by atoms with E-state index in [4.69, 9.17) is 4.74 Å². The number of carbonyl (C=O) groups is 1. The van der Waals surface area contributed by atoms with Crippen LogP contribution in [0.4, 0.5) is 5.69 Å². The fourth-order valence-electron chi connectivity index (χ4n) is 2.56. The molecule has 1 saturated heterocycles. The lowest BCUT2D eigenvalue weighted by atomic mass is 10.1. The van der Waals surface area contributed by atoms with Crippen LogP contribution in [0.5, 0.6) is 0 Å². The van der Waals surface area contributed by atoms with E-state index in [0.717, 1.165) is 29.3 Å². The third-order valence-electron chi connectivity index (χ3n) is 3.65. The third kappa shape index (κ3) is 4.34. The molecular formula is C17H20N4O2. The largest absolute Gasteiger partial charge is 0.378 e. The van der Waals surface area contributed by atoms with Crippen LogP contribution in [0.2, 0.25) is 0 Å². The van der Waals surface area contributed by atoms with Crippen molar-refractivity contribution in [2.24, 2.45) is 0 Å². The van der Waals surface area contributed by atoms with Gasteiger partial charge >= 0.3 is 0 Å². The maximum Gasteiger partial charge on any atom is 0.226 e. The molecule has 2 aromatic rings. The van der Waals surface area contributed by atoms with E-state index in [9.17, 15) is 4.79 Å². The minimum absolute atomic E-state index is 0.0241.